The Labute approximate surface area is 158 Å². The lowest BCUT2D eigenvalue weighted by Crippen LogP contribution is -3.03. The summed E-state index contributed by atoms with van der Waals surface area (Å²) in [5.74, 6) is 0.507. The summed E-state index contributed by atoms with van der Waals surface area (Å²) in [7, 11) is 0. The Balaban J connectivity index is 1.77. The molecule has 0 radical (unpaired) electrons. The lowest BCUT2D eigenvalue weighted by Gasteiger charge is -2.38. The SMILES string of the molecule is CC1(C)Cc2c(sc(NC(=O)CSC3CCCC3)c2C#N)C(C)(C)[NH2+]1. The molecule has 0 bridgehead atoms. The van der Waals surface area contributed by atoms with E-state index < -0.39 is 0 Å². The molecule has 1 fully saturated rings. The fourth-order valence-corrected chi connectivity index (χ4v) is 6.71. The first-order chi connectivity index (χ1) is 11.7. The molecule has 136 valence electrons. The van der Waals surface area contributed by atoms with Gasteiger partial charge in [0.2, 0.25) is 5.91 Å². The number of hydrogen-bond donors (Lipinski definition) is 2. The number of fused-ring (bicyclic) bond motifs is 1. The van der Waals surface area contributed by atoms with Crippen molar-refractivity contribution in [2.75, 3.05) is 11.1 Å². The second kappa shape index (κ2) is 6.94. The number of hydrogen-bond acceptors (Lipinski definition) is 4. The van der Waals surface area contributed by atoms with Gasteiger partial charge < -0.3 is 10.6 Å². The first kappa shape index (κ1) is 18.8. The highest BCUT2D eigenvalue weighted by Crippen LogP contribution is 2.41. The van der Waals surface area contributed by atoms with Crippen molar-refractivity contribution in [3.05, 3.63) is 16.0 Å². The minimum absolute atomic E-state index is 0.0213. The number of carbonyl (C=O) groups excluding carboxylic acids is 1. The first-order valence-electron chi connectivity index (χ1n) is 9.06. The molecule has 2 heterocycles. The summed E-state index contributed by atoms with van der Waals surface area (Å²) >= 11 is 3.35. The summed E-state index contributed by atoms with van der Waals surface area (Å²) < 4.78 is 0. The normalized spacial score (nSPS) is 21.6. The number of amides is 1. The predicted molar refractivity (Wildman–Crippen MR) is 105 cm³/mol. The number of nitrogens with two attached hydrogens (primary N) is 1. The molecular weight excluding hydrogens is 350 g/mol. The third-order valence-corrected chi connectivity index (χ3v) is 7.95. The molecule has 3 rings (SSSR count). The van der Waals surface area contributed by atoms with E-state index in [0.29, 0.717) is 16.6 Å². The fourth-order valence-electron chi connectivity index (χ4n) is 4.32. The van der Waals surface area contributed by atoms with Crippen molar-refractivity contribution in [1.29, 1.82) is 5.26 Å². The molecule has 0 unspecified atom stereocenters. The topological polar surface area (TPSA) is 69.5 Å². The molecule has 6 heteroatoms. The van der Waals surface area contributed by atoms with E-state index in [1.807, 2.05) is 0 Å². The first-order valence-corrected chi connectivity index (χ1v) is 10.9. The van der Waals surface area contributed by atoms with Gasteiger partial charge in [-0.2, -0.15) is 5.26 Å². The quantitative estimate of drug-likeness (QED) is 0.844. The van der Waals surface area contributed by atoms with Gasteiger partial charge in [-0.25, -0.2) is 0 Å². The number of nitrogens with one attached hydrogen (secondary N) is 1. The molecule has 0 spiro atoms. The standard InChI is InChI=1S/C19H27N3OS2/c1-18(2)9-13-14(10-20)17(25-16(13)19(3,4)22-18)21-15(23)11-24-12-7-5-6-8-12/h12,22H,5-9,11H2,1-4H3,(H,21,23)/p+1. The van der Waals surface area contributed by atoms with Gasteiger partial charge in [0.25, 0.3) is 0 Å². The highest BCUT2D eigenvalue weighted by atomic mass is 32.2. The van der Waals surface area contributed by atoms with Gasteiger partial charge in [-0.15, -0.1) is 23.1 Å². The third kappa shape index (κ3) is 4.05. The largest absolute Gasteiger partial charge is 0.333 e. The molecule has 0 aromatic carbocycles. The summed E-state index contributed by atoms with van der Waals surface area (Å²) in [5.41, 5.74) is 1.79. The molecule has 0 saturated heterocycles. The van der Waals surface area contributed by atoms with E-state index in [1.165, 1.54) is 30.6 Å². The Morgan fingerprint density at radius 1 is 1.36 bits per heavy atom. The summed E-state index contributed by atoms with van der Waals surface area (Å²) in [6.45, 7) is 8.83. The van der Waals surface area contributed by atoms with E-state index in [4.69, 9.17) is 0 Å². The molecule has 1 aromatic rings. The lowest BCUT2D eigenvalue weighted by atomic mass is 9.81. The summed E-state index contributed by atoms with van der Waals surface area (Å²) in [4.78, 5) is 13.6. The van der Waals surface area contributed by atoms with E-state index in [2.05, 4.69) is 44.4 Å². The van der Waals surface area contributed by atoms with Crippen LogP contribution in [0, 0.1) is 11.3 Å². The molecule has 1 amide bonds. The molecule has 4 nitrogen and oxygen atoms in total. The van der Waals surface area contributed by atoms with Gasteiger partial charge in [0, 0.05) is 11.7 Å². The van der Waals surface area contributed by atoms with Crippen molar-refractivity contribution in [3.8, 4) is 6.07 Å². The van der Waals surface area contributed by atoms with Crippen molar-refractivity contribution < 1.29 is 10.1 Å². The lowest BCUT2D eigenvalue weighted by molar-refractivity contribution is -0.789. The van der Waals surface area contributed by atoms with Gasteiger partial charge in [-0.05, 0) is 46.1 Å². The number of nitriles is 1. The van der Waals surface area contributed by atoms with E-state index in [9.17, 15) is 10.1 Å². The molecule has 1 aromatic heterocycles. The zero-order chi connectivity index (χ0) is 18.2. The van der Waals surface area contributed by atoms with Gasteiger partial charge in [0.05, 0.1) is 21.7 Å². The van der Waals surface area contributed by atoms with Crippen LogP contribution in [0.5, 0.6) is 0 Å². The van der Waals surface area contributed by atoms with Crippen LogP contribution in [0.3, 0.4) is 0 Å². The Morgan fingerprint density at radius 2 is 2.04 bits per heavy atom. The molecule has 1 aliphatic heterocycles. The molecule has 1 aliphatic carbocycles. The summed E-state index contributed by atoms with van der Waals surface area (Å²) in [5, 5.41) is 16.5. The molecule has 2 aliphatic rings. The highest BCUT2D eigenvalue weighted by molar-refractivity contribution is 8.00. The third-order valence-electron chi connectivity index (χ3n) is 5.09. The molecular formula is C19H28N3OS2+. The van der Waals surface area contributed by atoms with E-state index in [-0.39, 0.29) is 17.0 Å². The monoisotopic (exact) mass is 378 g/mol. The number of rotatable bonds is 4. The number of anilines is 1. The number of nitrogens with zero attached hydrogens (tertiary/aromatic N) is 1. The number of thioether (sulfide) groups is 1. The van der Waals surface area contributed by atoms with Crippen molar-refractivity contribution >= 4 is 34.0 Å². The van der Waals surface area contributed by atoms with Crippen molar-refractivity contribution in [1.82, 2.24) is 0 Å². The van der Waals surface area contributed by atoms with E-state index in [0.717, 1.165) is 17.0 Å². The fraction of sp³-hybridized carbons (Fsp3) is 0.684. The van der Waals surface area contributed by atoms with Crippen LogP contribution in [0.4, 0.5) is 5.00 Å². The average Bonchev–Trinajstić information content (AvgIpc) is 3.11. The highest BCUT2D eigenvalue weighted by Gasteiger charge is 2.44. The van der Waals surface area contributed by atoms with Crippen LogP contribution in [0.25, 0.3) is 0 Å². The predicted octanol–water partition coefficient (Wildman–Crippen LogP) is 3.37. The number of carbonyl (C=O) groups is 1. The zero-order valence-electron chi connectivity index (χ0n) is 15.6. The van der Waals surface area contributed by atoms with Crippen molar-refractivity contribution in [2.45, 2.75) is 76.1 Å². The Hall–Kier alpha value is -1.03. The van der Waals surface area contributed by atoms with Crippen LogP contribution in [0.1, 0.15) is 69.4 Å². The Kier molecular flexibility index (Phi) is 5.21. The second-order valence-corrected chi connectivity index (χ2v) is 10.8. The second-order valence-electron chi connectivity index (χ2n) is 8.52. The smallest absolute Gasteiger partial charge is 0.235 e. The molecule has 3 N–H and O–H groups in total. The Morgan fingerprint density at radius 3 is 2.68 bits per heavy atom. The van der Waals surface area contributed by atoms with Gasteiger partial charge >= 0.3 is 0 Å². The van der Waals surface area contributed by atoms with Gasteiger partial charge in [-0.1, -0.05) is 12.8 Å². The minimum atomic E-state index is -0.0745. The zero-order valence-corrected chi connectivity index (χ0v) is 17.2. The Bertz CT molecular complexity index is 709. The van der Waals surface area contributed by atoms with Gasteiger partial charge in [0.1, 0.15) is 16.6 Å². The van der Waals surface area contributed by atoms with Crippen molar-refractivity contribution in [2.24, 2.45) is 0 Å². The average molecular weight is 379 g/mol. The van der Waals surface area contributed by atoms with Crippen LogP contribution in [-0.2, 0) is 16.8 Å². The van der Waals surface area contributed by atoms with E-state index >= 15 is 0 Å². The maximum absolute atomic E-state index is 12.4. The summed E-state index contributed by atoms with van der Waals surface area (Å²) in [6, 6.07) is 2.36. The number of thiophene rings is 1. The van der Waals surface area contributed by atoms with Gasteiger partial charge in [0.15, 0.2) is 0 Å². The molecule has 1 saturated carbocycles. The van der Waals surface area contributed by atoms with Crippen LogP contribution in [0.2, 0.25) is 0 Å². The molecule has 0 atom stereocenters. The van der Waals surface area contributed by atoms with E-state index in [1.54, 1.807) is 23.1 Å². The molecule has 25 heavy (non-hydrogen) atoms. The van der Waals surface area contributed by atoms with Crippen LogP contribution >= 0.6 is 23.1 Å². The van der Waals surface area contributed by atoms with Crippen LogP contribution < -0.4 is 10.6 Å². The summed E-state index contributed by atoms with van der Waals surface area (Å²) in [6.07, 6.45) is 5.90. The van der Waals surface area contributed by atoms with Crippen LogP contribution in [0.15, 0.2) is 0 Å². The van der Waals surface area contributed by atoms with Gasteiger partial charge in [-0.3, -0.25) is 4.79 Å². The maximum atomic E-state index is 12.4. The maximum Gasteiger partial charge on any atom is 0.235 e. The van der Waals surface area contributed by atoms with Crippen molar-refractivity contribution in [3.63, 3.8) is 0 Å². The number of quaternary nitrogens is 1. The minimum Gasteiger partial charge on any atom is -0.333 e. The van der Waals surface area contributed by atoms with Crippen LogP contribution in [-0.4, -0.2) is 22.4 Å².